The highest BCUT2D eigenvalue weighted by molar-refractivity contribution is 9.10. The summed E-state index contributed by atoms with van der Waals surface area (Å²) in [7, 11) is 0. The molecule has 2 N–H and O–H groups in total. The largest absolute Gasteiger partial charge is 0.393 e. The van der Waals surface area contributed by atoms with Crippen molar-refractivity contribution in [2.45, 2.75) is 42.7 Å². The van der Waals surface area contributed by atoms with E-state index in [1.807, 2.05) is 24.3 Å². The number of benzene rings is 1. The van der Waals surface area contributed by atoms with Crippen LogP contribution in [0.25, 0.3) is 0 Å². The van der Waals surface area contributed by atoms with E-state index >= 15 is 0 Å². The quantitative estimate of drug-likeness (QED) is 0.826. The van der Waals surface area contributed by atoms with Crippen LogP contribution in [-0.2, 0) is 4.79 Å². The Hall–Kier alpha value is -0.520. The first-order valence-electron chi connectivity index (χ1n) is 6.49. The van der Waals surface area contributed by atoms with E-state index in [4.69, 9.17) is 0 Å². The summed E-state index contributed by atoms with van der Waals surface area (Å²) in [6.45, 7) is 0. The van der Waals surface area contributed by atoms with Gasteiger partial charge in [-0.15, -0.1) is 11.8 Å². The van der Waals surface area contributed by atoms with Crippen molar-refractivity contribution in [1.82, 2.24) is 5.32 Å². The lowest BCUT2D eigenvalue weighted by Crippen LogP contribution is -2.39. The zero-order valence-corrected chi connectivity index (χ0v) is 13.0. The van der Waals surface area contributed by atoms with Gasteiger partial charge in [0.25, 0.3) is 0 Å². The van der Waals surface area contributed by atoms with Gasteiger partial charge < -0.3 is 10.4 Å². The molecule has 5 heteroatoms. The first-order chi connectivity index (χ1) is 9.13. The van der Waals surface area contributed by atoms with Gasteiger partial charge in [0, 0.05) is 15.4 Å². The van der Waals surface area contributed by atoms with Gasteiger partial charge in [-0.25, -0.2) is 0 Å². The van der Waals surface area contributed by atoms with E-state index in [1.165, 1.54) is 0 Å². The standard InChI is InChI=1S/C14H18BrNO2S/c15-10-1-7-13(8-2-10)19-9-14(18)16-11-3-5-12(17)6-4-11/h1-2,7-8,11-12,17H,3-6,9H2,(H,16,18). The predicted molar refractivity (Wildman–Crippen MR) is 81.3 cm³/mol. The van der Waals surface area contributed by atoms with E-state index in [9.17, 15) is 9.90 Å². The Bertz CT molecular complexity index is 416. The van der Waals surface area contributed by atoms with Gasteiger partial charge in [0.05, 0.1) is 11.9 Å². The lowest BCUT2D eigenvalue weighted by Gasteiger charge is -2.26. The summed E-state index contributed by atoms with van der Waals surface area (Å²) >= 11 is 4.93. The van der Waals surface area contributed by atoms with Crippen LogP contribution in [0.15, 0.2) is 33.6 Å². The summed E-state index contributed by atoms with van der Waals surface area (Å²) in [5.41, 5.74) is 0. The second-order valence-electron chi connectivity index (χ2n) is 4.82. The van der Waals surface area contributed by atoms with Crippen LogP contribution < -0.4 is 5.32 Å². The van der Waals surface area contributed by atoms with Crippen molar-refractivity contribution in [2.75, 3.05) is 5.75 Å². The number of hydrogen-bond acceptors (Lipinski definition) is 3. The fourth-order valence-electron chi connectivity index (χ4n) is 2.17. The molecule has 2 rings (SSSR count). The fraction of sp³-hybridized carbons (Fsp3) is 0.500. The summed E-state index contributed by atoms with van der Waals surface area (Å²) in [4.78, 5) is 12.9. The summed E-state index contributed by atoms with van der Waals surface area (Å²) in [6, 6.07) is 8.19. The van der Waals surface area contributed by atoms with Crippen molar-refractivity contribution in [3.05, 3.63) is 28.7 Å². The summed E-state index contributed by atoms with van der Waals surface area (Å²) in [5.74, 6) is 0.523. The van der Waals surface area contributed by atoms with Gasteiger partial charge in [0.1, 0.15) is 0 Å². The van der Waals surface area contributed by atoms with Crippen LogP contribution in [0.4, 0.5) is 0 Å². The normalized spacial score (nSPS) is 23.1. The molecule has 0 heterocycles. The monoisotopic (exact) mass is 343 g/mol. The highest BCUT2D eigenvalue weighted by Crippen LogP contribution is 2.21. The summed E-state index contributed by atoms with van der Waals surface area (Å²) in [5, 5.41) is 12.5. The number of halogens is 1. The Morgan fingerprint density at radius 1 is 1.26 bits per heavy atom. The number of aliphatic hydroxyl groups excluding tert-OH is 1. The van der Waals surface area contributed by atoms with Crippen LogP contribution in [0.2, 0.25) is 0 Å². The minimum atomic E-state index is -0.176. The maximum absolute atomic E-state index is 11.8. The molecule has 1 fully saturated rings. The molecule has 3 nitrogen and oxygen atoms in total. The Labute approximate surface area is 126 Å². The second kappa shape index (κ2) is 7.31. The first-order valence-corrected chi connectivity index (χ1v) is 8.27. The molecule has 0 saturated heterocycles. The van der Waals surface area contributed by atoms with E-state index in [2.05, 4.69) is 21.2 Å². The van der Waals surface area contributed by atoms with Gasteiger partial charge in [-0.2, -0.15) is 0 Å². The van der Waals surface area contributed by atoms with Gasteiger partial charge in [-0.1, -0.05) is 15.9 Å². The van der Waals surface area contributed by atoms with Crippen molar-refractivity contribution in [1.29, 1.82) is 0 Å². The zero-order valence-electron chi connectivity index (χ0n) is 10.6. The minimum absolute atomic E-state index is 0.0781. The molecule has 0 spiro atoms. The molecule has 0 radical (unpaired) electrons. The Balaban J connectivity index is 1.71. The number of carbonyl (C=O) groups is 1. The second-order valence-corrected chi connectivity index (χ2v) is 6.78. The van der Waals surface area contributed by atoms with Crippen molar-refractivity contribution in [3.63, 3.8) is 0 Å². The molecule has 19 heavy (non-hydrogen) atoms. The molecule has 0 unspecified atom stereocenters. The number of hydrogen-bond donors (Lipinski definition) is 2. The van der Waals surface area contributed by atoms with Crippen LogP contribution in [0, 0.1) is 0 Å². The summed E-state index contributed by atoms with van der Waals surface area (Å²) in [6.07, 6.45) is 3.19. The zero-order chi connectivity index (χ0) is 13.7. The van der Waals surface area contributed by atoms with Crippen LogP contribution in [0.5, 0.6) is 0 Å². The molecular weight excluding hydrogens is 326 g/mol. The third-order valence-corrected chi connectivity index (χ3v) is 4.79. The highest BCUT2D eigenvalue weighted by atomic mass is 79.9. The molecule has 0 atom stereocenters. The topological polar surface area (TPSA) is 49.3 Å². The molecule has 1 amide bonds. The fourth-order valence-corrected chi connectivity index (χ4v) is 3.14. The van der Waals surface area contributed by atoms with E-state index in [0.29, 0.717) is 5.75 Å². The Morgan fingerprint density at radius 3 is 2.53 bits per heavy atom. The molecule has 1 saturated carbocycles. The Morgan fingerprint density at radius 2 is 1.89 bits per heavy atom. The number of nitrogens with one attached hydrogen (secondary N) is 1. The van der Waals surface area contributed by atoms with Crippen LogP contribution in [-0.4, -0.2) is 28.9 Å². The Kier molecular flexibility index (Phi) is 5.73. The van der Waals surface area contributed by atoms with Crippen LogP contribution in [0.1, 0.15) is 25.7 Å². The minimum Gasteiger partial charge on any atom is -0.393 e. The first kappa shape index (κ1) is 14.9. The molecule has 0 bridgehead atoms. The SMILES string of the molecule is O=C(CSc1ccc(Br)cc1)NC1CCC(O)CC1. The van der Waals surface area contributed by atoms with Gasteiger partial charge in [-0.3, -0.25) is 4.79 Å². The van der Waals surface area contributed by atoms with Gasteiger partial charge in [-0.05, 0) is 49.9 Å². The number of thioether (sulfide) groups is 1. The van der Waals surface area contributed by atoms with E-state index < -0.39 is 0 Å². The maximum atomic E-state index is 11.8. The van der Waals surface area contributed by atoms with E-state index in [0.717, 1.165) is 35.1 Å². The average molecular weight is 344 g/mol. The molecule has 1 aromatic carbocycles. The highest BCUT2D eigenvalue weighted by Gasteiger charge is 2.20. The third kappa shape index (κ3) is 5.16. The van der Waals surface area contributed by atoms with Gasteiger partial charge >= 0.3 is 0 Å². The van der Waals surface area contributed by atoms with Crippen molar-refractivity contribution < 1.29 is 9.90 Å². The smallest absolute Gasteiger partial charge is 0.230 e. The average Bonchev–Trinajstić information content (AvgIpc) is 2.41. The molecule has 1 aliphatic rings. The van der Waals surface area contributed by atoms with Crippen molar-refractivity contribution in [3.8, 4) is 0 Å². The van der Waals surface area contributed by atoms with Gasteiger partial charge in [0.15, 0.2) is 0 Å². The van der Waals surface area contributed by atoms with Crippen molar-refractivity contribution in [2.24, 2.45) is 0 Å². The molecular formula is C14H18BrNO2S. The maximum Gasteiger partial charge on any atom is 0.230 e. The van der Waals surface area contributed by atoms with Crippen LogP contribution >= 0.6 is 27.7 Å². The van der Waals surface area contributed by atoms with Gasteiger partial charge in [0.2, 0.25) is 5.91 Å². The van der Waals surface area contributed by atoms with Crippen molar-refractivity contribution >= 4 is 33.6 Å². The third-order valence-electron chi connectivity index (χ3n) is 3.25. The molecule has 1 aliphatic carbocycles. The number of carbonyl (C=O) groups excluding carboxylic acids is 1. The molecule has 104 valence electrons. The van der Waals surface area contributed by atoms with E-state index in [1.54, 1.807) is 11.8 Å². The molecule has 0 aromatic heterocycles. The molecule has 0 aliphatic heterocycles. The molecule has 1 aromatic rings. The number of rotatable bonds is 4. The van der Waals surface area contributed by atoms with Crippen LogP contribution in [0.3, 0.4) is 0 Å². The number of aliphatic hydroxyl groups is 1. The predicted octanol–water partition coefficient (Wildman–Crippen LogP) is 2.96. The lowest BCUT2D eigenvalue weighted by molar-refractivity contribution is -0.119. The number of amides is 1. The lowest BCUT2D eigenvalue weighted by atomic mass is 9.93. The summed E-state index contributed by atoms with van der Waals surface area (Å²) < 4.78 is 1.04. The van der Waals surface area contributed by atoms with E-state index in [-0.39, 0.29) is 18.1 Å².